The van der Waals surface area contributed by atoms with Gasteiger partial charge in [-0.25, -0.2) is 9.07 Å². The molecule has 0 spiro atoms. The number of amides is 2. The van der Waals surface area contributed by atoms with Crippen molar-refractivity contribution >= 4 is 17.5 Å². The number of anilines is 1. The Balaban J connectivity index is 1.78. The molecular formula is C22H21FN4O4. The fraction of sp³-hybridized carbons (Fsp3) is 0.182. The summed E-state index contributed by atoms with van der Waals surface area (Å²) in [5.41, 5.74) is -0.0198. The molecule has 1 aromatic heterocycles. The second kappa shape index (κ2) is 9.21. The number of likely N-dealkylation sites (N-methyl/N-ethyl adjacent to an activating group) is 1. The monoisotopic (exact) mass is 424 g/mol. The molecule has 0 atom stereocenters. The van der Waals surface area contributed by atoms with Gasteiger partial charge in [-0.05, 0) is 43.3 Å². The first-order valence-electron chi connectivity index (χ1n) is 9.35. The van der Waals surface area contributed by atoms with E-state index in [9.17, 15) is 18.8 Å². The second-order valence-electron chi connectivity index (χ2n) is 6.80. The molecule has 31 heavy (non-hydrogen) atoms. The van der Waals surface area contributed by atoms with Crippen molar-refractivity contribution in [3.8, 4) is 11.4 Å². The van der Waals surface area contributed by atoms with E-state index in [1.807, 2.05) is 0 Å². The van der Waals surface area contributed by atoms with E-state index in [2.05, 4.69) is 10.4 Å². The van der Waals surface area contributed by atoms with Gasteiger partial charge in [0.05, 0.1) is 13.7 Å². The Morgan fingerprint density at radius 2 is 1.84 bits per heavy atom. The minimum Gasteiger partial charge on any atom is -0.497 e. The summed E-state index contributed by atoms with van der Waals surface area (Å²) in [7, 11) is 2.91. The molecule has 160 valence electrons. The summed E-state index contributed by atoms with van der Waals surface area (Å²) in [5.74, 6) is -1.11. The quantitative estimate of drug-likeness (QED) is 0.656. The molecule has 0 aliphatic rings. The van der Waals surface area contributed by atoms with Gasteiger partial charge in [0.15, 0.2) is 5.69 Å². The highest BCUT2D eigenvalue weighted by Crippen LogP contribution is 2.15. The van der Waals surface area contributed by atoms with Crippen LogP contribution in [-0.2, 0) is 4.79 Å². The van der Waals surface area contributed by atoms with Crippen molar-refractivity contribution in [2.24, 2.45) is 0 Å². The molecule has 0 aliphatic carbocycles. The van der Waals surface area contributed by atoms with Gasteiger partial charge >= 0.3 is 0 Å². The van der Waals surface area contributed by atoms with E-state index in [0.29, 0.717) is 17.1 Å². The van der Waals surface area contributed by atoms with Gasteiger partial charge < -0.3 is 15.0 Å². The Labute approximate surface area is 177 Å². The summed E-state index contributed by atoms with van der Waals surface area (Å²) in [4.78, 5) is 38.5. The molecule has 2 amide bonds. The standard InChI is InChI=1S/C22H21FN4O4/c1-14-12-19(28)21(25-27(14)18-7-5-4-6-17(18)23)22(30)26(2)13-20(29)24-15-8-10-16(31-3)11-9-15/h4-12H,13H2,1-3H3,(H,24,29). The van der Waals surface area contributed by atoms with E-state index in [-0.39, 0.29) is 12.2 Å². The number of nitrogens with one attached hydrogen (secondary N) is 1. The molecule has 8 nitrogen and oxygen atoms in total. The fourth-order valence-corrected chi connectivity index (χ4v) is 2.91. The van der Waals surface area contributed by atoms with Crippen LogP contribution in [0.25, 0.3) is 5.69 Å². The van der Waals surface area contributed by atoms with Crippen LogP contribution in [-0.4, -0.2) is 47.2 Å². The predicted molar refractivity (Wildman–Crippen MR) is 113 cm³/mol. The number of nitrogens with zero attached hydrogens (tertiary/aromatic N) is 3. The van der Waals surface area contributed by atoms with Crippen molar-refractivity contribution in [1.82, 2.24) is 14.7 Å². The lowest BCUT2D eigenvalue weighted by Crippen LogP contribution is -2.38. The average molecular weight is 424 g/mol. The number of aromatic nitrogens is 2. The van der Waals surface area contributed by atoms with Crippen LogP contribution in [0.3, 0.4) is 0 Å². The number of aryl methyl sites for hydroxylation is 1. The summed E-state index contributed by atoms with van der Waals surface area (Å²) in [5, 5.41) is 6.72. The average Bonchev–Trinajstić information content (AvgIpc) is 2.74. The van der Waals surface area contributed by atoms with Crippen molar-refractivity contribution in [3.63, 3.8) is 0 Å². The number of halogens is 1. The van der Waals surface area contributed by atoms with Crippen LogP contribution >= 0.6 is 0 Å². The number of methoxy groups -OCH3 is 1. The summed E-state index contributed by atoms with van der Waals surface area (Å²) in [6.07, 6.45) is 0. The van der Waals surface area contributed by atoms with E-state index in [4.69, 9.17) is 4.74 Å². The van der Waals surface area contributed by atoms with Gasteiger partial charge in [-0.2, -0.15) is 5.10 Å². The highest BCUT2D eigenvalue weighted by atomic mass is 19.1. The topological polar surface area (TPSA) is 93.5 Å². The van der Waals surface area contributed by atoms with E-state index in [1.54, 1.807) is 37.3 Å². The third-order valence-electron chi connectivity index (χ3n) is 4.49. The molecule has 0 fully saturated rings. The molecule has 0 aliphatic heterocycles. The van der Waals surface area contributed by atoms with E-state index in [0.717, 1.165) is 4.90 Å². The van der Waals surface area contributed by atoms with Gasteiger partial charge in [0.2, 0.25) is 11.3 Å². The van der Waals surface area contributed by atoms with E-state index >= 15 is 0 Å². The Morgan fingerprint density at radius 3 is 2.48 bits per heavy atom. The zero-order valence-corrected chi connectivity index (χ0v) is 17.3. The molecule has 3 rings (SSSR count). The van der Waals surface area contributed by atoms with Crippen LogP contribution in [0.1, 0.15) is 16.2 Å². The first-order chi connectivity index (χ1) is 14.8. The molecule has 0 unspecified atom stereocenters. The molecule has 2 aromatic carbocycles. The summed E-state index contributed by atoms with van der Waals surface area (Å²) in [6, 6.07) is 13.8. The van der Waals surface area contributed by atoms with Crippen molar-refractivity contribution in [1.29, 1.82) is 0 Å². The highest BCUT2D eigenvalue weighted by Gasteiger charge is 2.21. The summed E-state index contributed by atoms with van der Waals surface area (Å²) in [6.45, 7) is 1.28. The minimum absolute atomic E-state index is 0.106. The molecule has 0 saturated heterocycles. The first-order valence-corrected chi connectivity index (χ1v) is 9.35. The van der Waals surface area contributed by atoms with Crippen LogP contribution in [0.5, 0.6) is 5.75 Å². The van der Waals surface area contributed by atoms with Gasteiger partial charge in [-0.15, -0.1) is 0 Å². The number of rotatable bonds is 6. The normalized spacial score (nSPS) is 10.5. The number of carbonyl (C=O) groups excluding carboxylic acids is 2. The zero-order valence-electron chi connectivity index (χ0n) is 17.3. The summed E-state index contributed by atoms with van der Waals surface area (Å²) >= 11 is 0. The van der Waals surface area contributed by atoms with Crippen molar-refractivity contribution in [2.75, 3.05) is 26.0 Å². The van der Waals surface area contributed by atoms with Gasteiger partial charge in [0.1, 0.15) is 17.3 Å². The molecule has 0 radical (unpaired) electrons. The smallest absolute Gasteiger partial charge is 0.278 e. The lowest BCUT2D eigenvalue weighted by molar-refractivity contribution is -0.116. The van der Waals surface area contributed by atoms with Crippen LogP contribution in [0.4, 0.5) is 10.1 Å². The van der Waals surface area contributed by atoms with Crippen LogP contribution in [0.2, 0.25) is 0 Å². The molecule has 9 heteroatoms. The number of hydrogen-bond donors (Lipinski definition) is 1. The van der Waals surface area contributed by atoms with Crippen LogP contribution < -0.4 is 15.5 Å². The van der Waals surface area contributed by atoms with Gasteiger partial charge in [0.25, 0.3) is 5.91 Å². The molecule has 1 heterocycles. The number of ether oxygens (including phenoxy) is 1. The first kappa shape index (κ1) is 21.7. The van der Waals surface area contributed by atoms with E-state index < -0.39 is 28.8 Å². The molecular weight excluding hydrogens is 403 g/mol. The minimum atomic E-state index is -0.750. The van der Waals surface area contributed by atoms with Crippen molar-refractivity contribution in [3.05, 3.63) is 82.0 Å². The van der Waals surface area contributed by atoms with Gasteiger partial charge in [-0.1, -0.05) is 12.1 Å². The zero-order chi connectivity index (χ0) is 22.5. The largest absolute Gasteiger partial charge is 0.497 e. The van der Waals surface area contributed by atoms with Crippen molar-refractivity contribution < 1.29 is 18.7 Å². The number of benzene rings is 2. The number of hydrogen-bond acceptors (Lipinski definition) is 5. The van der Waals surface area contributed by atoms with Gasteiger partial charge in [-0.3, -0.25) is 14.4 Å². The highest BCUT2D eigenvalue weighted by molar-refractivity contribution is 5.98. The predicted octanol–water partition coefficient (Wildman–Crippen LogP) is 2.40. The number of para-hydroxylation sites is 1. The van der Waals surface area contributed by atoms with Crippen molar-refractivity contribution in [2.45, 2.75) is 6.92 Å². The molecule has 1 N–H and O–H groups in total. The third kappa shape index (κ3) is 4.95. The van der Waals surface area contributed by atoms with E-state index in [1.165, 1.54) is 43.1 Å². The lowest BCUT2D eigenvalue weighted by atomic mass is 10.2. The maximum atomic E-state index is 14.2. The number of carbonyl (C=O) groups is 2. The Morgan fingerprint density at radius 1 is 1.16 bits per heavy atom. The van der Waals surface area contributed by atoms with Gasteiger partial charge in [0, 0.05) is 24.5 Å². The SMILES string of the molecule is COc1ccc(NC(=O)CN(C)C(=O)c2nn(-c3ccccc3F)c(C)cc2=O)cc1. The molecule has 0 saturated carbocycles. The van der Waals surface area contributed by atoms with Crippen LogP contribution in [0, 0.1) is 12.7 Å². The lowest BCUT2D eigenvalue weighted by Gasteiger charge is -2.17. The molecule has 3 aromatic rings. The third-order valence-corrected chi connectivity index (χ3v) is 4.49. The summed E-state index contributed by atoms with van der Waals surface area (Å²) < 4.78 is 20.4. The fourth-order valence-electron chi connectivity index (χ4n) is 2.91. The maximum Gasteiger partial charge on any atom is 0.278 e. The Bertz CT molecular complexity index is 1170. The second-order valence-corrected chi connectivity index (χ2v) is 6.80. The Hall–Kier alpha value is -4.01. The Kier molecular flexibility index (Phi) is 6.44. The van der Waals surface area contributed by atoms with Crippen LogP contribution in [0.15, 0.2) is 59.4 Å². The molecule has 0 bridgehead atoms. The maximum absolute atomic E-state index is 14.2.